The molecular formula is C13H26N2O3. The maximum atomic E-state index is 11.9. The fraction of sp³-hybridized carbons (Fsp3) is 0.923. The average molecular weight is 258 g/mol. The highest BCUT2D eigenvalue weighted by atomic mass is 16.5. The van der Waals surface area contributed by atoms with Crippen LogP contribution in [0.5, 0.6) is 0 Å². The van der Waals surface area contributed by atoms with Crippen LogP contribution in [0, 0.1) is 0 Å². The van der Waals surface area contributed by atoms with Gasteiger partial charge in [0.2, 0.25) is 5.91 Å². The van der Waals surface area contributed by atoms with Gasteiger partial charge in [0, 0.05) is 32.1 Å². The van der Waals surface area contributed by atoms with E-state index < -0.39 is 0 Å². The molecule has 0 aromatic rings. The van der Waals surface area contributed by atoms with Crippen LogP contribution in [0.15, 0.2) is 0 Å². The molecule has 0 spiro atoms. The van der Waals surface area contributed by atoms with Gasteiger partial charge < -0.3 is 14.7 Å². The first kappa shape index (κ1) is 15.4. The lowest BCUT2D eigenvalue weighted by Crippen LogP contribution is -2.41. The van der Waals surface area contributed by atoms with Crippen LogP contribution < -0.4 is 0 Å². The highest BCUT2D eigenvalue weighted by molar-refractivity contribution is 5.76. The minimum absolute atomic E-state index is 0.176. The lowest BCUT2D eigenvalue weighted by molar-refractivity contribution is -0.135. The van der Waals surface area contributed by atoms with E-state index in [-0.39, 0.29) is 12.5 Å². The van der Waals surface area contributed by atoms with Crippen molar-refractivity contribution in [3.05, 3.63) is 0 Å². The molecule has 1 amide bonds. The molecule has 5 heteroatoms. The van der Waals surface area contributed by atoms with Gasteiger partial charge in [-0.3, -0.25) is 9.69 Å². The highest BCUT2D eigenvalue weighted by Crippen LogP contribution is 2.05. The van der Waals surface area contributed by atoms with Crippen LogP contribution in [0.25, 0.3) is 0 Å². The minimum Gasteiger partial charge on any atom is -0.395 e. The molecule has 0 aliphatic carbocycles. The molecule has 0 saturated carbocycles. The van der Waals surface area contributed by atoms with E-state index in [1.807, 2.05) is 4.90 Å². The Kier molecular flexibility index (Phi) is 7.23. The van der Waals surface area contributed by atoms with Crippen molar-refractivity contribution in [2.75, 3.05) is 46.0 Å². The van der Waals surface area contributed by atoms with E-state index >= 15 is 0 Å². The molecule has 1 N–H and O–H groups in total. The van der Waals surface area contributed by atoms with Crippen molar-refractivity contribution in [3.63, 3.8) is 0 Å². The van der Waals surface area contributed by atoms with Gasteiger partial charge in [-0.1, -0.05) is 0 Å². The number of hydrogen-bond donors (Lipinski definition) is 1. The molecule has 1 rings (SSSR count). The number of hydrogen-bond acceptors (Lipinski definition) is 4. The van der Waals surface area contributed by atoms with Gasteiger partial charge in [0.25, 0.3) is 0 Å². The van der Waals surface area contributed by atoms with Crippen LogP contribution in [0.3, 0.4) is 0 Å². The summed E-state index contributed by atoms with van der Waals surface area (Å²) in [5.41, 5.74) is 0. The van der Waals surface area contributed by atoms with E-state index in [0.717, 1.165) is 26.1 Å². The maximum absolute atomic E-state index is 11.9. The summed E-state index contributed by atoms with van der Waals surface area (Å²) in [6.07, 6.45) is 1.45. The Labute approximate surface area is 110 Å². The van der Waals surface area contributed by atoms with Crippen molar-refractivity contribution in [2.45, 2.75) is 32.7 Å². The normalized spacial score (nSPS) is 16.6. The van der Waals surface area contributed by atoms with Crippen LogP contribution >= 0.6 is 0 Å². The van der Waals surface area contributed by atoms with E-state index in [2.05, 4.69) is 18.7 Å². The van der Waals surface area contributed by atoms with Crippen molar-refractivity contribution in [3.8, 4) is 0 Å². The van der Waals surface area contributed by atoms with E-state index in [1.165, 1.54) is 0 Å². The Hall–Kier alpha value is -0.650. The second-order valence-electron chi connectivity index (χ2n) is 4.95. The first-order chi connectivity index (χ1) is 8.65. The molecule has 106 valence electrons. The molecule has 0 atom stereocenters. The summed E-state index contributed by atoms with van der Waals surface area (Å²) < 4.78 is 5.23. The summed E-state index contributed by atoms with van der Waals surface area (Å²) in [5, 5.41) is 8.97. The molecule has 1 heterocycles. The van der Waals surface area contributed by atoms with Crippen molar-refractivity contribution in [2.24, 2.45) is 0 Å². The lowest BCUT2D eigenvalue weighted by atomic mass is 10.2. The molecule has 1 saturated heterocycles. The summed E-state index contributed by atoms with van der Waals surface area (Å²) in [5.74, 6) is 0.228. The van der Waals surface area contributed by atoms with Crippen molar-refractivity contribution in [1.29, 1.82) is 0 Å². The topological polar surface area (TPSA) is 53.0 Å². The number of ether oxygens (including phenoxy) is 1. The molecule has 5 nitrogen and oxygen atoms in total. The summed E-state index contributed by atoms with van der Waals surface area (Å²) >= 11 is 0. The van der Waals surface area contributed by atoms with Crippen molar-refractivity contribution < 1.29 is 14.6 Å². The average Bonchev–Trinajstić information content (AvgIpc) is 2.38. The Balaban J connectivity index is 2.20. The number of carbonyl (C=O) groups excluding carboxylic acids is 1. The summed E-state index contributed by atoms with van der Waals surface area (Å²) in [7, 11) is 0. The third-order valence-corrected chi connectivity index (χ3v) is 3.32. The summed E-state index contributed by atoms with van der Waals surface area (Å²) in [4.78, 5) is 16.0. The predicted octanol–water partition coefficient (Wildman–Crippen LogP) is 0.328. The smallest absolute Gasteiger partial charge is 0.222 e. The standard InChI is InChI=1S/C13H26N2O3/c1-12(2)14(6-9-16)5-3-4-13(17)15-7-10-18-11-8-15/h12,16H,3-11H2,1-2H3. The van der Waals surface area contributed by atoms with Crippen LogP contribution in [0.1, 0.15) is 26.7 Å². The van der Waals surface area contributed by atoms with E-state index in [0.29, 0.717) is 32.2 Å². The Morgan fingerprint density at radius 3 is 2.56 bits per heavy atom. The van der Waals surface area contributed by atoms with Crippen LogP contribution in [-0.2, 0) is 9.53 Å². The Morgan fingerprint density at radius 2 is 2.00 bits per heavy atom. The SMILES string of the molecule is CC(C)N(CCO)CCCC(=O)N1CCOCC1. The van der Waals surface area contributed by atoms with Gasteiger partial charge in [-0.05, 0) is 26.8 Å². The van der Waals surface area contributed by atoms with Crippen molar-refractivity contribution in [1.82, 2.24) is 9.80 Å². The number of amides is 1. The first-order valence-electron chi connectivity index (χ1n) is 6.85. The van der Waals surface area contributed by atoms with Gasteiger partial charge in [0.1, 0.15) is 0 Å². The zero-order chi connectivity index (χ0) is 13.4. The quantitative estimate of drug-likeness (QED) is 0.715. The maximum Gasteiger partial charge on any atom is 0.222 e. The monoisotopic (exact) mass is 258 g/mol. The fourth-order valence-electron chi connectivity index (χ4n) is 2.16. The van der Waals surface area contributed by atoms with Gasteiger partial charge in [-0.15, -0.1) is 0 Å². The zero-order valence-electron chi connectivity index (χ0n) is 11.6. The Bertz CT molecular complexity index is 240. The van der Waals surface area contributed by atoms with Gasteiger partial charge in [-0.25, -0.2) is 0 Å². The van der Waals surface area contributed by atoms with E-state index in [4.69, 9.17) is 9.84 Å². The molecule has 18 heavy (non-hydrogen) atoms. The highest BCUT2D eigenvalue weighted by Gasteiger charge is 2.17. The fourth-order valence-corrected chi connectivity index (χ4v) is 2.16. The number of nitrogens with zero attached hydrogens (tertiary/aromatic N) is 2. The summed E-state index contributed by atoms with van der Waals surface area (Å²) in [6, 6.07) is 0.413. The Morgan fingerprint density at radius 1 is 1.33 bits per heavy atom. The van der Waals surface area contributed by atoms with Crippen molar-refractivity contribution >= 4 is 5.91 Å². The number of rotatable bonds is 7. The molecule has 1 aliphatic rings. The minimum atomic E-state index is 0.176. The van der Waals surface area contributed by atoms with E-state index in [9.17, 15) is 4.79 Å². The largest absolute Gasteiger partial charge is 0.395 e. The number of morpholine rings is 1. The first-order valence-corrected chi connectivity index (χ1v) is 6.85. The van der Waals surface area contributed by atoms with Gasteiger partial charge >= 0.3 is 0 Å². The van der Waals surface area contributed by atoms with Crippen LogP contribution in [0.2, 0.25) is 0 Å². The zero-order valence-corrected chi connectivity index (χ0v) is 11.6. The molecule has 0 bridgehead atoms. The molecule has 0 unspecified atom stereocenters. The number of aliphatic hydroxyl groups is 1. The van der Waals surface area contributed by atoms with Crippen LogP contribution in [0.4, 0.5) is 0 Å². The summed E-state index contributed by atoms with van der Waals surface area (Å²) in [6.45, 7) is 8.72. The van der Waals surface area contributed by atoms with Gasteiger partial charge in [-0.2, -0.15) is 0 Å². The van der Waals surface area contributed by atoms with E-state index in [1.54, 1.807) is 0 Å². The predicted molar refractivity (Wildman–Crippen MR) is 70.4 cm³/mol. The van der Waals surface area contributed by atoms with Crippen LogP contribution in [-0.4, -0.2) is 72.9 Å². The lowest BCUT2D eigenvalue weighted by Gasteiger charge is -2.28. The third kappa shape index (κ3) is 5.33. The molecule has 0 radical (unpaired) electrons. The number of aliphatic hydroxyl groups excluding tert-OH is 1. The van der Waals surface area contributed by atoms with Gasteiger partial charge in [0.05, 0.1) is 19.8 Å². The second kappa shape index (κ2) is 8.45. The number of carbonyl (C=O) groups is 1. The molecule has 0 aromatic heterocycles. The second-order valence-corrected chi connectivity index (χ2v) is 4.95. The molecule has 1 aliphatic heterocycles. The molecule has 1 fully saturated rings. The third-order valence-electron chi connectivity index (χ3n) is 3.32. The molecular weight excluding hydrogens is 232 g/mol. The van der Waals surface area contributed by atoms with Gasteiger partial charge in [0.15, 0.2) is 0 Å². The molecule has 0 aromatic carbocycles.